The molecule has 0 atom stereocenters. The second kappa shape index (κ2) is 6.50. The molecule has 1 N–H and O–H groups in total. The third-order valence-electron chi connectivity index (χ3n) is 3.08. The van der Waals surface area contributed by atoms with E-state index in [1.165, 1.54) is 0 Å². The zero-order chi connectivity index (χ0) is 16.2. The second-order valence-electron chi connectivity index (χ2n) is 4.55. The van der Waals surface area contributed by atoms with Crippen molar-refractivity contribution < 1.29 is 13.9 Å². The number of methoxy groups -OCH3 is 1. The fourth-order valence-electron chi connectivity index (χ4n) is 1.98. The maximum absolute atomic E-state index is 12.2. The first-order valence-electron chi connectivity index (χ1n) is 6.72. The first kappa shape index (κ1) is 15.1. The monoisotopic (exact) mass is 329 g/mol. The fourth-order valence-corrected chi connectivity index (χ4v) is 2.17. The Balaban J connectivity index is 1.84. The summed E-state index contributed by atoms with van der Waals surface area (Å²) in [7, 11) is 1.54. The molecule has 0 aliphatic carbocycles. The van der Waals surface area contributed by atoms with Crippen molar-refractivity contribution in [3.05, 3.63) is 59.4 Å². The van der Waals surface area contributed by atoms with Gasteiger partial charge in [-0.25, -0.2) is 0 Å². The Hall–Kier alpha value is -2.86. The number of hydrogen-bond acceptors (Lipinski definition) is 5. The van der Waals surface area contributed by atoms with Crippen molar-refractivity contribution in [2.75, 3.05) is 12.4 Å². The summed E-state index contributed by atoms with van der Waals surface area (Å²) >= 11 is 6.00. The summed E-state index contributed by atoms with van der Waals surface area (Å²) in [5, 5.41) is 10.7. The van der Waals surface area contributed by atoms with E-state index >= 15 is 0 Å². The minimum Gasteiger partial charge on any atom is -0.496 e. The van der Waals surface area contributed by atoms with E-state index in [-0.39, 0.29) is 11.8 Å². The number of nitrogens with zero attached hydrogens (tertiary/aromatic N) is 2. The van der Waals surface area contributed by atoms with Gasteiger partial charge in [0.05, 0.1) is 23.4 Å². The number of nitrogens with one attached hydrogen (secondary N) is 1. The standard InChI is InChI=1S/C16H12ClN3O3/c1-22-13-9-5-2-6-10(13)15-19-20-16(23-15)14(21)18-12-8-4-3-7-11(12)17/h2-9H,1H3,(H,18,21). The van der Waals surface area contributed by atoms with E-state index in [2.05, 4.69) is 15.5 Å². The van der Waals surface area contributed by atoms with E-state index in [0.717, 1.165) is 0 Å². The van der Waals surface area contributed by atoms with Gasteiger partial charge in [0.15, 0.2) is 0 Å². The van der Waals surface area contributed by atoms with E-state index < -0.39 is 5.91 Å². The number of carbonyl (C=O) groups excluding carboxylic acids is 1. The highest BCUT2D eigenvalue weighted by molar-refractivity contribution is 6.33. The van der Waals surface area contributed by atoms with Crippen molar-refractivity contribution in [1.82, 2.24) is 10.2 Å². The van der Waals surface area contributed by atoms with Gasteiger partial charge in [-0.3, -0.25) is 4.79 Å². The van der Waals surface area contributed by atoms with E-state index in [1.54, 1.807) is 43.5 Å². The summed E-state index contributed by atoms with van der Waals surface area (Å²) in [5.41, 5.74) is 1.08. The Labute approximate surface area is 137 Å². The molecule has 0 saturated heterocycles. The van der Waals surface area contributed by atoms with Crippen molar-refractivity contribution in [3.8, 4) is 17.2 Å². The molecule has 23 heavy (non-hydrogen) atoms. The van der Waals surface area contributed by atoms with Crippen molar-refractivity contribution in [2.24, 2.45) is 0 Å². The number of carbonyl (C=O) groups is 1. The Morgan fingerprint density at radius 1 is 1.13 bits per heavy atom. The van der Waals surface area contributed by atoms with Crippen molar-refractivity contribution in [1.29, 1.82) is 0 Å². The molecular formula is C16H12ClN3O3. The summed E-state index contributed by atoms with van der Waals surface area (Å²) in [4.78, 5) is 12.2. The maximum atomic E-state index is 12.2. The van der Waals surface area contributed by atoms with Crippen LogP contribution in [0, 0.1) is 0 Å². The van der Waals surface area contributed by atoms with Gasteiger partial charge >= 0.3 is 11.8 Å². The minimum atomic E-state index is -0.535. The third kappa shape index (κ3) is 3.17. The van der Waals surface area contributed by atoms with Crippen LogP contribution in [0.1, 0.15) is 10.7 Å². The molecule has 0 unspecified atom stereocenters. The van der Waals surface area contributed by atoms with Gasteiger partial charge < -0.3 is 14.5 Å². The zero-order valence-corrected chi connectivity index (χ0v) is 12.9. The van der Waals surface area contributed by atoms with Crippen LogP contribution in [-0.2, 0) is 0 Å². The van der Waals surface area contributed by atoms with Gasteiger partial charge in [-0.15, -0.1) is 10.2 Å². The van der Waals surface area contributed by atoms with Crippen LogP contribution < -0.4 is 10.1 Å². The number of rotatable bonds is 4. The van der Waals surface area contributed by atoms with Gasteiger partial charge in [-0.2, -0.15) is 0 Å². The molecule has 0 aliphatic heterocycles. The predicted molar refractivity (Wildman–Crippen MR) is 85.7 cm³/mol. The summed E-state index contributed by atoms with van der Waals surface area (Å²) in [6, 6.07) is 14.0. The van der Waals surface area contributed by atoms with Crippen LogP contribution in [0.2, 0.25) is 5.02 Å². The van der Waals surface area contributed by atoms with Crippen LogP contribution >= 0.6 is 11.6 Å². The molecule has 3 aromatic rings. The lowest BCUT2D eigenvalue weighted by molar-refractivity contribution is 0.0991. The van der Waals surface area contributed by atoms with Crippen LogP contribution in [-0.4, -0.2) is 23.2 Å². The van der Waals surface area contributed by atoms with E-state index in [4.69, 9.17) is 20.8 Å². The Kier molecular flexibility index (Phi) is 4.25. The molecule has 0 saturated carbocycles. The number of ether oxygens (including phenoxy) is 1. The molecule has 0 aliphatic rings. The third-order valence-corrected chi connectivity index (χ3v) is 3.41. The number of benzene rings is 2. The largest absolute Gasteiger partial charge is 0.496 e. The van der Waals surface area contributed by atoms with Crippen LogP contribution in [0.5, 0.6) is 5.75 Å². The van der Waals surface area contributed by atoms with Gasteiger partial charge in [0.2, 0.25) is 0 Å². The molecular weight excluding hydrogens is 318 g/mol. The van der Waals surface area contributed by atoms with Gasteiger partial charge in [-0.05, 0) is 24.3 Å². The Bertz CT molecular complexity index is 848. The van der Waals surface area contributed by atoms with E-state index in [9.17, 15) is 4.79 Å². The van der Waals surface area contributed by atoms with Crippen molar-refractivity contribution in [2.45, 2.75) is 0 Å². The number of halogens is 1. The second-order valence-corrected chi connectivity index (χ2v) is 4.95. The highest BCUT2D eigenvalue weighted by Gasteiger charge is 2.18. The van der Waals surface area contributed by atoms with Crippen molar-refractivity contribution >= 4 is 23.2 Å². The first-order chi connectivity index (χ1) is 11.2. The molecule has 0 fully saturated rings. The van der Waals surface area contributed by atoms with Gasteiger partial charge in [-0.1, -0.05) is 35.9 Å². The van der Waals surface area contributed by atoms with Crippen LogP contribution in [0.25, 0.3) is 11.5 Å². The Morgan fingerprint density at radius 3 is 2.65 bits per heavy atom. The molecule has 0 bridgehead atoms. The maximum Gasteiger partial charge on any atom is 0.313 e. The molecule has 1 amide bonds. The number of hydrogen-bond donors (Lipinski definition) is 1. The van der Waals surface area contributed by atoms with Gasteiger partial charge in [0.25, 0.3) is 5.89 Å². The molecule has 0 radical (unpaired) electrons. The summed E-state index contributed by atoms with van der Waals surface area (Å²) < 4.78 is 10.7. The first-order valence-corrected chi connectivity index (χ1v) is 7.09. The number of para-hydroxylation sites is 2. The Morgan fingerprint density at radius 2 is 1.87 bits per heavy atom. The quantitative estimate of drug-likeness (QED) is 0.790. The molecule has 7 heteroatoms. The molecule has 1 heterocycles. The van der Waals surface area contributed by atoms with Gasteiger partial charge in [0.1, 0.15) is 5.75 Å². The topological polar surface area (TPSA) is 77.2 Å². The summed E-state index contributed by atoms with van der Waals surface area (Å²) in [6.07, 6.45) is 0. The predicted octanol–water partition coefficient (Wildman–Crippen LogP) is 3.65. The average molecular weight is 330 g/mol. The van der Waals surface area contributed by atoms with Crippen LogP contribution in [0.15, 0.2) is 52.9 Å². The normalized spacial score (nSPS) is 10.3. The minimum absolute atomic E-state index is 0.161. The number of amides is 1. The van der Waals surface area contributed by atoms with E-state index in [0.29, 0.717) is 22.0 Å². The zero-order valence-electron chi connectivity index (χ0n) is 12.1. The highest BCUT2D eigenvalue weighted by atomic mass is 35.5. The lowest BCUT2D eigenvalue weighted by Crippen LogP contribution is -2.12. The van der Waals surface area contributed by atoms with Crippen LogP contribution in [0.3, 0.4) is 0 Å². The summed E-state index contributed by atoms with van der Waals surface area (Å²) in [5.74, 6) is 0.0820. The molecule has 1 aromatic heterocycles. The van der Waals surface area contributed by atoms with E-state index in [1.807, 2.05) is 12.1 Å². The van der Waals surface area contributed by atoms with Gasteiger partial charge in [0, 0.05) is 0 Å². The molecule has 6 nitrogen and oxygen atoms in total. The van der Waals surface area contributed by atoms with Crippen LogP contribution in [0.4, 0.5) is 5.69 Å². The SMILES string of the molecule is COc1ccccc1-c1nnc(C(=O)Nc2ccccc2Cl)o1. The lowest BCUT2D eigenvalue weighted by Gasteiger charge is -2.04. The lowest BCUT2D eigenvalue weighted by atomic mass is 10.2. The fraction of sp³-hybridized carbons (Fsp3) is 0.0625. The smallest absolute Gasteiger partial charge is 0.313 e. The van der Waals surface area contributed by atoms with Crippen molar-refractivity contribution in [3.63, 3.8) is 0 Å². The summed E-state index contributed by atoms with van der Waals surface area (Å²) in [6.45, 7) is 0. The molecule has 2 aromatic carbocycles. The number of anilines is 1. The molecule has 116 valence electrons. The average Bonchev–Trinajstić information content (AvgIpc) is 3.07. The molecule has 3 rings (SSSR count). The number of aromatic nitrogens is 2. The molecule has 0 spiro atoms. The highest BCUT2D eigenvalue weighted by Crippen LogP contribution is 2.28.